The Morgan fingerprint density at radius 1 is 1.29 bits per heavy atom. The van der Waals surface area contributed by atoms with Crippen molar-refractivity contribution in [2.75, 3.05) is 23.3 Å². The minimum absolute atomic E-state index is 0.152. The second-order valence-corrected chi connectivity index (χ2v) is 7.47. The molecule has 1 saturated heterocycles. The van der Waals surface area contributed by atoms with Crippen molar-refractivity contribution in [1.29, 1.82) is 0 Å². The molecule has 3 aromatic rings. The van der Waals surface area contributed by atoms with Gasteiger partial charge in [-0.15, -0.1) is 0 Å². The number of amides is 1. The average Bonchev–Trinajstić information content (AvgIpc) is 2.98. The lowest BCUT2D eigenvalue weighted by atomic mass is 9.95. The lowest BCUT2D eigenvalue weighted by Crippen LogP contribution is -2.38. The molecule has 1 aromatic carbocycles. The highest BCUT2D eigenvalue weighted by Crippen LogP contribution is 2.32. The molecule has 0 atom stereocenters. The largest absolute Gasteiger partial charge is 0.443 e. The van der Waals surface area contributed by atoms with E-state index in [1.54, 1.807) is 6.07 Å². The molecule has 2 aromatic heterocycles. The van der Waals surface area contributed by atoms with Gasteiger partial charge >= 0.3 is 0 Å². The number of anilines is 2. The number of aryl methyl sites for hydroxylation is 2. The third kappa shape index (κ3) is 3.42. The number of carbonyl (C=O) groups excluding carboxylic acids is 1. The van der Waals surface area contributed by atoms with E-state index in [9.17, 15) is 9.18 Å². The molecular weight excluding hydrogens is 383 g/mol. The number of aromatic nitrogens is 2. The number of hydrogen-bond donors (Lipinski definition) is 1. The number of hydrogen-bond acceptors (Lipinski definition) is 5. The van der Waals surface area contributed by atoms with Crippen LogP contribution in [0.2, 0.25) is 5.02 Å². The van der Waals surface area contributed by atoms with Gasteiger partial charge in [-0.05, 0) is 44.9 Å². The lowest BCUT2D eigenvalue weighted by Gasteiger charge is -2.32. The number of fused-ring (bicyclic) bond motifs is 1. The van der Waals surface area contributed by atoms with Crippen molar-refractivity contribution in [1.82, 2.24) is 9.97 Å². The molecule has 0 unspecified atom stereocenters. The van der Waals surface area contributed by atoms with Gasteiger partial charge in [0.25, 0.3) is 0 Å². The van der Waals surface area contributed by atoms with Gasteiger partial charge in [0, 0.05) is 29.6 Å². The van der Waals surface area contributed by atoms with Crippen molar-refractivity contribution in [3.05, 3.63) is 46.7 Å². The molecule has 1 fully saturated rings. The first kappa shape index (κ1) is 18.7. The number of piperidine rings is 1. The first-order valence-corrected chi connectivity index (χ1v) is 9.53. The van der Waals surface area contributed by atoms with E-state index >= 15 is 0 Å². The fourth-order valence-electron chi connectivity index (χ4n) is 3.58. The van der Waals surface area contributed by atoms with Gasteiger partial charge in [-0.1, -0.05) is 11.6 Å². The van der Waals surface area contributed by atoms with Crippen molar-refractivity contribution in [3.63, 3.8) is 0 Å². The summed E-state index contributed by atoms with van der Waals surface area (Å²) in [7, 11) is 0. The number of furan rings is 1. The van der Waals surface area contributed by atoms with Crippen molar-refractivity contribution in [2.45, 2.75) is 26.7 Å². The zero-order valence-corrected chi connectivity index (χ0v) is 16.4. The summed E-state index contributed by atoms with van der Waals surface area (Å²) in [6.45, 7) is 5.26. The van der Waals surface area contributed by atoms with Crippen molar-refractivity contribution < 1.29 is 13.6 Å². The maximum Gasteiger partial charge on any atom is 0.231 e. The molecule has 1 amide bonds. The normalized spacial score (nSPS) is 15.2. The predicted molar refractivity (Wildman–Crippen MR) is 106 cm³/mol. The minimum atomic E-state index is -0.535. The maximum absolute atomic E-state index is 13.9. The van der Waals surface area contributed by atoms with Crippen LogP contribution in [-0.4, -0.2) is 29.0 Å². The molecule has 0 saturated carbocycles. The lowest BCUT2D eigenvalue weighted by molar-refractivity contribution is -0.120. The van der Waals surface area contributed by atoms with E-state index in [1.807, 2.05) is 13.8 Å². The molecule has 146 valence electrons. The van der Waals surface area contributed by atoms with E-state index in [4.69, 9.17) is 16.0 Å². The number of nitrogens with zero attached hydrogens (tertiary/aromatic N) is 3. The zero-order chi connectivity index (χ0) is 19.8. The summed E-state index contributed by atoms with van der Waals surface area (Å²) in [5.41, 5.74) is 1.76. The Kier molecular flexibility index (Phi) is 4.93. The van der Waals surface area contributed by atoms with Crippen LogP contribution in [0.15, 0.2) is 28.9 Å². The van der Waals surface area contributed by atoms with Crippen LogP contribution in [0.25, 0.3) is 11.1 Å². The van der Waals surface area contributed by atoms with Gasteiger partial charge in [-0.3, -0.25) is 4.79 Å². The summed E-state index contributed by atoms with van der Waals surface area (Å²) in [5.74, 6) is 0.769. The molecule has 1 aliphatic rings. The zero-order valence-electron chi connectivity index (χ0n) is 15.6. The van der Waals surface area contributed by atoms with Crippen LogP contribution in [0, 0.1) is 25.6 Å². The van der Waals surface area contributed by atoms with Crippen LogP contribution < -0.4 is 10.2 Å². The number of carbonyl (C=O) groups is 1. The summed E-state index contributed by atoms with van der Waals surface area (Å²) in [6, 6.07) is 4.22. The summed E-state index contributed by atoms with van der Waals surface area (Å²) in [6.07, 6.45) is 2.81. The summed E-state index contributed by atoms with van der Waals surface area (Å²) in [5, 5.41) is 3.89. The first-order chi connectivity index (χ1) is 13.4. The summed E-state index contributed by atoms with van der Waals surface area (Å²) < 4.78 is 19.6. The number of rotatable bonds is 3. The van der Waals surface area contributed by atoms with E-state index in [0.717, 1.165) is 22.5 Å². The van der Waals surface area contributed by atoms with Crippen LogP contribution in [0.1, 0.15) is 24.2 Å². The highest BCUT2D eigenvalue weighted by atomic mass is 35.5. The Morgan fingerprint density at radius 3 is 2.75 bits per heavy atom. The fraction of sp³-hybridized carbons (Fsp3) is 0.350. The number of nitrogens with one attached hydrogen (secondary N) is 1. The molecule has 1 N–H and O–H groups in total. The molecule has 0 bridgehead atoms. The molecule has 4 rings (SSSR count). The molecular formula is C20H20ClFN4O2. The van der Waals surface area contributed by atoms with Gasteiger partial charge in [0.1, 0.15) is 23.7 Å². The topological polar surface area (TPSA) is 71.3 Å². The molecule has 3 heterocycles. The highest BCUT2D eigenvalue weighted by Gasteiger charge is 2.28. The van der Waals surface area contributed by atoms with Gasteiger partial charge < -0.3 is 14.6 Å². The number of halogens is 2. The maximum atomic E-state index is 13.9. The highest BCUT2D eigenvalue weighted by molar-refractivity contribution is 6.30. The summed E-state index contributed by atoms with van der Waals surface area (Å²) >= 11 is 5.76. The van der Waals surface area contributed by atoms with Crippen LogP contribution >= 0.6 is 11.6 Å². The van der Waals surface area contributed by atoms with Crippen LogP contribution in [0.4, 0.5) is 15.9 Å². The molecule has 1 aliphatic heterocycles. The van der Waals surface area contributed by atoms with Crippen molar-refractivity contribution in [2.24, 2.45) is 5.92 Å². The number of benzene rings is 1. The molecule has 0 radical (unpaired) electrons. The minimum Gasteiger partial charge on any atom is -0.443 e. The van der Waals surface area contributed by atoms with E-state index < -0.39 is 5.82 Å². The van der Waals surface area contributed by atoms with E-state index in [-0.39, 0.29) is 17.5 Å². The molecule has 0 spiro atoms. The summed E-state index contributed by atoms with van der Waals surface area (Å²) in [4.78, 5) is 23.4. The fourth-order valence-corrected chi connectivity index (χ4v) is 3.74. The Hall–Kier alpha value is -2.67. The predicted octanol–water partition coefficient (Wildman–Crippen LogP) is 4.49. The van der Waals surface area contributed by atoms with Crippen LogP contribution in [-0.2, 0) is 4.79 Å². The third-order valence-electron chi connectivity index (χ3n) is 5.30. The standard InChI is InChI=1S/C20H20ClFN4O2/c1-11-12(2)28-20-17(11)18(23-10-24-20)26-7-5-13(6-8-26)19(27)25-16-4-3-14(21)9-15(16)22/h3-4,9-10,13H,5-8H2,1-2H3,(H,25,27). The van der Waals surface area contributed by atoms with Gasteiger partial charge in [0.2, 0.25) is 11.6 Å². The monoisotopic (exact) mass is 402 g/mol. The van der Waals surface area contributed by atoms with Gasteiger partial charge in [-0.2, -0.15) is 0 Å². The first-order valence-electron chi connectivity index (χ1n) is 9.15. The SMILES string of the molecule is Cc1oc2ncnc(N3CCC(C(=O)Nc4ccc(Cl)cc4F)CC3)c2c1C. The average molecular weight is 403 g/mol. The second kappa shape index (κ2) is 7.39. The Morgan fingerprint density at radius 2 is 2.04 bits per heavy atom. The second-order valence-electron chi connectivity index (χ2n) is 7.04. The Labute approximate surface area is 166 Å². The molecule has 8 heteroatoms. The molecule has 0 aliphatic carbocycles. The van der Waals surface area contributed by atoms with Gasteiger partial charge in [0.05, 0.1) is 11.1 Å². The Bertz CT molecular complexity index is 1040. The van der Waals surface area contributed by atoms with Crippen molar-refractivity contribution in [3.8, 4) is 0 Å². The quantitative estimate of drug-likeness (QED) is 0.699. The van der Waals surface area contributed by atoms with E-state index in [2.05, 4.69) is 20.2 Å². The third-order valence-corrected chi connectivity index (χ3v) is 5.53. The van der Waals surface area contributed by atoms with E-state index in [0.29, 0.717) is 36.7 Å². The molecule has 28 heavy (non-hydrogen) atoms. The van der Waals surface area contributed by atoms with Gasteiger partial charge in [0.15, 0.2) is 0 Å². The Balaban J connectivity index is 1.46. The smallest absolute Gasteiger partial charge is 0.231 e. The molecule has 6 nitrogen and oxygen atoms in total. The van der Waals surface area contributed by atoms with Crippen molar-refractivity contribution >= 4 is 40.1 Å². The van der Waals surface area contributed by atoms with Crippen LogP contribution in [0.5, 0.6) is 0 Å². The van der Waals surface area contributed by atoms with E-state index in [1.165, 1.54) is 18.5 Å². The van der Waals surface area contributed by atoms with Crippen LogP contribution in [0.3, 0.4) is 0 Å². The van der Waals surface area contributed by atoms with Gasteiger partial charge in [-0.25, -0.2) is 14.4 Å².